The molecule has 9 heteroatoms. The van der Waals surface area contributed by atoms with Crippen LogP contribution < -0.4 is 15.0 Å². The van der Waals surface area contributed by atoms with Crippen LogP contribution in [0.1, 0.15) is 40.1 Å². The predicted octanol–water partition coefficient (Wildman–Crippen LogP) is 6.20. The van der Waals surface area contributed by atoms with Gasteiger partial charge in [-0.2, -0.15) is 5.10 Å². The Balaban J connectivity index is 1.43. The van der Waals surface area contributed by atoms with E-state index in [1.54, 1.807) is 13.1 Å². The topological polar surface area (TPSA) is 59.4 Å². The molecule has 1 aliphatic heterocycles. The highest BCUT2D eigenvalue weighted by molar-refractivity contribution is 6.04. The molecule has 184 valence electrons. The third kappa shape index (κ3) is 4.91. The van der Waals surface area contributed by atoms with E-state index in [0.29, 0.717) is 5.69 Å². The third-order valence-electron chi connectivity index (χ3n) is 6.18. The Labute approximate surface area is 205 Å². The number of rotatable bonds is 5. The normalized spacial score (nSPS) is 17.1. The van der Waals surface area contributed by atoms with Gasteiger partial charge in [0, 0.05) is 18.8 Å². The van der Waals surface area contributed by atoms with Crippen molar-refractivity contribution < 1.29 is 22.7 Å². The number of nitrogens with one attached hydrogen (secondary N) is 1. The second kappa shape index (κ2) is 9.41. The van der Waals surface area contributed by atoms with Gasteiger partial charge < -0.3 is 15.0 Å². The van der Waals surface area contributed by atoms with Crippen LogP contribution in [0.2, 0.25) is 0 Å². The van der Waals surface area contributed by atoms with Gasteiger partial charge in [-0.1, -0.05) is 60.7 Å². The number of alkyl halides is 3. The Morgan fingerprint density at radius 2 is 1.58 bits per heavy atom. The molecular weight excluding hydrogens is 469 g/mol. The molecule has 0 unspecified atom stereocenters. The first-order chi connectivity index (χ1) is 17.3. The minimum Gasteiger partial charge on any atom is -0.406 e. The van der Waals surface area contributed by atoms with Crippen LogP contribution in [0, 0.1) is 0 Å². The van der Waals surface area contributed by atoms with Crippen molar-refractivity contribution in [2.75, 3.05) is 17.3 Å². The summed E-state index contributed by atoms with van der Waals surface area (Å²) in [5.41, 5.74) is 2.86. The predicted molar refractivity (Wildman–Crippen MR) is 130 cm³/mol. The monoisotopic (exact) mass is 492 g/mol. The van der Waals surface area contributed by atoms with Gasteiger partial charge in [-0.15, -0.1) is 13.2 Å². The molecule has 1 amide bonds. The first-order valence-electron chi connectivity index (χ1n) is 11.4. The molecule has 0 saturated heterocycles. The molecule has 3 aromatic carbocycles. The molecule has 0 bridgehead atoms. The van der Waals surface area contributed by atoms with Gasteiger partial charge in [-0.25, -0.2) is 4.68 Å². The summed E-state index contributed by atoms with van der Waals surface area (Å²) in [6, 6.07) is 26.9. The number of hydrogen-bond donors (Lipinski definition) is 1. The van der Waals surface area contributed by atoms with Crippen LogP contribution >= 0.6 is 0 Å². The zero-order valence-electron chi connectivity index (χ0n) is 19.3. The molecular formula is C27H23F3N4O2. The highest BCUT2D eigenvalue weighted by Crippen LogP contribution is 2.39. The van der Waals surface area contributed by atoms with Crippen molar-refractivity contribution in [1.29, 1.82) is 0 Å². The summed E-state index contributed by atoms with van der Waals surface area (Å²) in [6.07, 6.45) is -4.04. The van der Waals surface area contributed by atoms with Crippen LogP contribution in [0.25, 0.3) is 0 Å². The Bertz CT molecular complexity index is 1340. The van der Waals surface area contributed by atoms with Crippen molar-refractivity contribution in [3.63, 3.8) is 0 Å². The molecule has 2 heterocycles. The molecule has 6 nitrogen and oxygen atoms in total. The number of benzene rings is 3. The van der Waals surface area contributed by atoms with Crippen molar-refractivity contribution >= 4 is 17.4 Å². The average Bonchev–Trinajstić information content (AvgIpc) is 3.32. The summed E-state index contributed by atoms with van der Waals surface area (Å²) >= 11 is 0. The van der Waals surface area contributed by atoms with Gasteiger partial charge in [0.1, 0.15) is 11.6 Å². The van der Waals surface area contributed by atoms with E-state index >= 15 is 0 Å². The van der Waals surface area contributed by atoms with Crippen LogP contribution in [-0.2, 0) is 0 Å². The maximum Gasteiger partial charge on any atom is 0.573 e. The number of anilines is 2. The standard InChI is InChI=1S/C27H23F3N4O2/c1-33(20-12-14-21(15-13-20)36-27(28,29)30)26(35)23-17-25-31-22(18-8-4-2-5-9-18)16-24(34(25)32-23)19-10-6-3-7-11-19/h2-15,17,22,24,31H,16H2,1H3/t22-,24-/m1/s1. The van der Waals surface area contributed by atoms with Crippen molar-refractivity contribution in [3.8, 4) is 5.75 Å². The van der Waals surface area contributed by atoms with Gasteiger partial charge in [0.25, 0.3) is 5.91 Å². The molecule has 1 aromatic heterocycles. The fraction of sp³-hybridized carbons (Fsp3) is 0.185. The number of amides is 1. The second-order valence-corrected chi connectivity index (χ2v) is 8.54. The lowest BCUT2D eigenvalue weighted by Gasteiger charge is -2.32. The maximum absolute atomic E-state index is 13.3. The maximum atomic E-state index is 13.3. The third-order valence-corrected chi connectivity index (χ3v) is 6.18. The smallest absolute Gasteiger partial charge is 0.406 e. The van der Waals surface area contributed by atoms with Gasteiger partial charge in [-0.05, 0) is 41.8 Å². The van der Waals surface area contributed by atoms with E-state index in [2.05, 4.69) is 27.3 Å². The zero-order valence-corrected chi connectivity index (χ0v) is 19.3. The minimum atomic E-state index is -4.78. The van der Waals surface area contributed by atoms with E-state index in [1.807, 2.05) is 53.2 Å². The molecule has 1 aliphatic rings. The molecule has 0 radical (unpaired) electrons. The van der Waals surface area contributed by atoms with E-state index in [9.17, 15) is 18.0 Å². The van der Waals surface area contributed by atoms with E-state index in [-0.39, 0.29) is 29.4 Å². The number of hydrogen-bond acceptors (Lipinski definition) is 4. The van der Waals surface area contributed by atoms with Crippen LogP contribution in [0.5, 0.6) is 5.75 Å². The number of ether oxygens (including phenoxy) is 1. The molecule has 0 saturated carbocycles. The molecule has 0 fully saturated rings. The number of fused-ring (bicyclic) bond motifs is 1. The molecule has 2 atom stereocenters. The largest absolute Gasteiger partial charge is 0.573 e. The van der Waals surface area contributed by atoms with Gasteiger partial charge in [0.15, 0.2) is 5.69 Å². The molecule has 4 aromatic rings. The van der Waals surface area contributed by atoms with Crippen molar-refractivity contribution in [1.82, 2.24) is 9.78 Å². The summed E-state index contributed by atoms with van der Waals surface area (Å²) in [4.78, 5) is 14.6. The lowest BCUT2D eigenvalue weighted by atomic mass is 9.93. The lowest BCUT2D eigenvalue weighted by molar-refractivity contribution is -0.274. The zero-order chi connectivity index (χ0) is 25.3. The number of aromatic nitrogens is 2. The quantitative estimate of drug-likeness (QED) is 0.360. The molecule has 36 heavy (non-hydrogen) atoms. The lowest BCUT2D eigenvalue weighted by Crippen LogP contribution is -2.28. The fourth-order valence-corrected chi connectivity index (χ4v) is 4.42. The Hall–Kier alpha value is -4.27. The minimum absolute atomic E-state index is 0.0301. The summed E-state index contributed by atoms with van der Waals surface area (Å²) in [5.74, 6) is -0.0210. The van der Waals surface area contributed by atoms with Gasteiger partial charge in [-0.3, -0.25) is 4.79 Å². The first kappa shape index (κ1) is 23.5. The number of halogens is 3. The SMILES string of the molecule is CN(C(=O)c1cc2n(n1)[C@@H](c1ccccc1)C[C@H](c1ccccc1)N2)c1ccc(OC(F)(F)F)cc1. The van der Waals surface area contributed by atoms with E-state index in [1.165, 1.54) is 29.2 Å². The van der Waals surface area contributed by atoms with Crippen LogP contribution in [0.4, 0.5) is 24.7 Å². The van der Waals surface area contributed by atoms with Crippen LogP contribution in [0.3, 0.4) is 0 Å². The Kier molecular flexibility index (Phi) is 6.13. The van der Waals surface area contributed by atoms with Crippen molar-refractivity contribution in [2.24, 2.45) is 0 Å². The number of nitrogens with zero attached hydrogens (tertiary/aromatic N) is 3. The fourth-order valence-electron chi connectivity index (χ4n) is 4.42. The second-order valence-electron chi connectivity index (χ2n) is 8.54. The number of carbonyl (C=O) groups is 1. The Morgan fingerprint density at radius 3 is 2.19 bits per heavy atom. The number of carbonyl (C=O) groups excluding carboxylic acids is 1. The van der Waals surface area contributed by atoms with E-state index in [0.717, 1.165) is 23.4 Å². The van der Waals surface area contributed by atoms with E-state index in [4.69, 9.17) is 0 Å². The van der Waals surface area contributed by atoms with Crippen LogP contribution in [-0.4, -0.2) is 29.1 Å². The van der Waals surface area contributed by atoms with Crippen molar-refractivity contribution in [2.45, 2.75) is 24.9 Å². The molecule has 0 aliphatic carbocycles. The summed E-state index contributed by atoms with van der Waals surface area (Å²) < 4.78 is 43.1. The summed E-state index contributed by atoms with van der Waals surface area (Å²) in [6.45, 7) is 0. The van der Waals surface area contributed by atoms with Crippen molar-refractivity contribution in [3.05, 3.63) is 108 Å². The molecule has 0 spiro atoms. The molecule has 1 N–H and O–H groups in total. The summed E-state index contributed by atoms with van der Waals surface area (Å²) in [5, 5.41) is 8.14. The Morgan fingerprint density at radius 1 is 0.972 bits per heavy atom. The molecule has 5 rings (SSSR count). The highest BCUT2D eigenvalue weighted by atomic mass is 19.4. The first-order valence-corrected chi connectivity index (χ1v) is 11.4. The van der Waals surface area contributed by atoms with Gasteiger partial charge in [0.2, 0.25) is 0 Å². The van der Waals surface area contributed by atoms with Gasteiger partial charge >= 0.3 is 6.36 Å². The summed E-state index contributed by atoms with van der Waals surface area (Å²) in [7, 11) is 1.55. The van der Waals surface area contributed by atoms with Gasteiger partial charge in [0.05, 0.1) is 12.1 Å². The van der Waals surface area contributed by atoms with Crippen LogP contribution in [0.15, 0.2) is 91.0 Å². The highest BCUT2D eigenvalue weighted by Gasteiger charge is 2.32. The average molecular weight is 493 g/mol. The van der Waals surface area contributed by atoms with E-state index < -0.39 is 6.36 Å².